The summed E-state index contributed by atoms with van der Waals surface area (Å²) in [6.07, 6.45) is -2.62. The molecule has 0 saturated heterocycles. The van der Waals surface area contributed by atoms with E-state index in [1.165, 1.54) is 18.2 Å². The maximum Gasteiger partial charge on any atom is 0.586 e. The lowest BCUT2D eigenvalue weighted by atomic mass is 9.94. The normalized spacial score (nSPS) is 14.4. The quantitative estimate of drug-likeness (QED) is 0.191. The van der Waals surface area contributed by atoms with Gasteiger partial charge in [-0.15, -0.1) is 8.78 Å². The van der Waals surface area contributed by atoms with Gasteiger partial charge in [0.15, 0.2) is 33.0 Å². The second-order valence-corrected chi connectivity index (χ2v) is 12.2. The highest BCUT2D eigenvalue weighted by Gasteiger charge is 2.43. The van der Waals surface area contributed by atoms with E-state index < -0.39 is 22.2 Å². The van der Waals surface area contributed by atoms with E-state index in [0.717, 1.165) is 6.26 Å². The molecule has 12 heteroatoms. The molecule has 1 atom stereocenters. The van der Waals surface area contributed by atoms with E-state index in [4.69, 9.17) is 11.0 Å². The van der Waals surface area contributed by atoms with Crippen LogP contribution in [-0.4, -0.2) is 35.7 Å². The minimum atomic E-state index is -3.77. The average Bonchev–Trinajstić information content (AvgIpc) is 3.64. The van der Waals surface area contributed by atoms with Crippen LogP contribution < -0.4 is 9.47 Å². The molecule has 0 aliphatic carbocycles. The lowest BCUT2D eigenvalue weighted by Gasteiger charge is -2.13. The smallest absolute Gasteiger partial charge is 0.440 e. The van der Waals surface area contributed by atoms with Crippen LogP contribution in [0.3, 0.4) is 0 Å². The van der Waals surface area contributed by atoms with Gasteiger partial charge in [0.25, 0.3) is 6.04 Å². The molecule has 0 saturated carbocycles. The molecule has 1 unspecified atom stereocenters. The summed E-state index contributed by atoms with van der Waals surface area (Å²) >= 11 is 0. The van der Waals surface area contributed by atoms with Crippen molar-refractivity contribution in [2.75, 3.05) is 6.26 Å². The summed E-state index contributed by atoms with van der Waals surface area (Å²) in [6.45, 7) is 10.9. The first kappa shape index (κ1) is 28.1. The first-order chi connectivity index (χ1) is 20.3. The predicted octanol–water partition coefficient (Wildman–Crippen LogP) is 7.09. The van der Waals surface area contributed by atoms with Gasteiger partial charge in [-0.2, -0.15) is 5.10 Å². The van der Waals surface area contributed by atoms with Crippen molar-refractivity contribution in [3.63, 3.8) is 0 Å². The highest BCUT2D eigenvalue weighted by Crippen LogP contribution is 2.46. The van der Waals surface area contributed by atoms with Crippen molar-refractivity contribution < 1.29 is 31.1 Å². The van der Waals surface area contributed by atoms with Crippen molar-refractivity contribution >= 4 is 9.84 Å². The third-order valence-corrected chi connectivity index (χ3v) is 8.18. The van der Waals surface area contributed by atoms with Gasteiger partial charge in [-0.25, -0.2) is 20.0 Å². The highest BCUT2D eigenvalue weighted by atomic mass is 32.2. The molecule has 0 amide bonds. The summed E-state index contributed by atoms with van der Waals surface area (Å²) in [4.78, 5) is 8.34. The van der Waals surface area contributed by atoms with Crippen molar-refractivity contribution in [3.05, 3.63) is 89.7 Å². The summed E-state index contributed by atoms with van der Waals surface area (Å²) in [5.41, 5.74) is 4.76. The van der Waals surface area contributed by atoms with Gasteiger partial charge in [0.2, 0.25) is 0 Å². The predicted molar refractivity (Wildman–Crippen MR) is 154 cm³/mol. The van der Waals surface area contributed by atoms with E-state index in [1.54, 1.807) is 49.8 Å². The average molecular weight is 603 g/mol. The first-order valence-electron chi connectivity index (χ1n) is 13.1. The minimum Gasteiger partial charge on any atom is -0.440 e. The molecule has 43 heavy (non-hydrogen) atoms. The first-order valence-corrected chi connectivity index (χ1v) is 15.0. The zero-order chi connectivity index (χ0) is 30.7. The molecule has 0 N–H and O–H groups in total. The number of fused-ring (bicyclic) bond motifs is 1. The number of benzene rings is 3. The number of sulfone groups is 1. The molecule has 9 nitrogen and oxygen atoms in total. The molecule has 6 rings (SSSR count). The lowest BCUT2D eigenvalue weighted by molar-refractivity contribution is -0.286. The fourth-order valence-corrected chi connectivity index (χ4v) is 5.62. The van der Waals surface area contributed by atoms with Crippen LogP contribution in [0.15, 0.2) is 76.0 Å². The molecule has 0 bridgehead atoms. The number of oxazole rings is 1. The summed E-state index contributed by atoms with van der Waals surface area (Å²) in [5, 5.41) is 4.54. The molecular formula is C31H24F2N4O5S. The molecule has 1 aliphatic heterocycles. The molecule has 0 spiro atoms. The van der Waals surface area contributed by atoms with Gasteiger partial charge in [0.1, 0.15) is 11.4 Å². The third kappa shape index (κ3) is 5.23. The number of halogens is 2. The summed E-state index contributed by atoms with van der Waals surface area (Å²) in [7, 11) is -1.68. The number of nitrogens with zero attached hydrogens (tertiary/aromatic N) is 4. The molecule has 0 fully saturated rings. The molecule has 218 valence electrons. The topological polar surface area (TPSA) is 101 Å². The molecular weight excluding hydrogens is 578 g/mol. The Balaban J connectivity index is 1.57. The van der Waals surface area contributed by atoms with Crippen molar-refractivity contribution in [1.82, 2.24) is 14.8 Å². The number of hydrogen-bond donors (Lipinski definition) is 0. The van der Waals surface area contributed by atoms with Crippen molar-refractivity contribution in [3.8, 4) is 56.5 Å². The zero-order valence-electron chi connectivity index (χ0n) is 23.4. The maximum absolute atomic E-state index is 13.7. The Morgan fingerprint density at radius 1 is 0.953 bits per heavy atom. The van der Waals surface area contributed by atoms with Gasteiger partial charge in [-0.05, 0) is 53.6 Å². The Morgan fingerprint density at radius 3 is 2.42 bits per heavy atom. The largest absolute Gasteiger partial charge is 0.586 e. The van der Waals surface area contributed by atoms with Crippen LogP contribution >= 0.6 is 0 Å². The van der Waals surface area contributed by atoms with E-state index in [9.17, 15) is 17.2 Å². The molecule has 3 heterocycles. The Kier molecular flexibility index (Phi) is 6.58. The lowest BCUT2D eigenvalue weighted by Crippen LogP contribution is -2.25. The fraction of sp³-hybridized carbons (Fsp3) is 0.194. The molecule has 2 aromatic heterocycles. The van der Waals surface area contributed by atoms with Gasteiger partial charge in [0, 0.05) is 43.8 Å². The van der Waals surface area contributed by atoms with Gasteiger partial charge in [-0.1, -0.05) is 24.3 Å². The van der Waals surface area contributed by atoms with E-state index in [0.29, 0.717) is 56.6 Å². The van der Waals surface area contributed by atoms with Crippen LogP contribution in [0.5, 0.6) is 11.5 Å². The monoisotopic (exact) mass is 602 g/mol. The van der Waals surface area contributed by atoms with Gasteiger partial charge in [0.05, 0.1) is 10.6 Å². The number of aryl methyl sites for hydroxylation is 2. The molecule has 1 aliphatic rings. The number of ether oxygens (including phenoxy) is 2. The summed E-state index contributed by atoms with van der Waals surface area (Å²) in [5.74, 6) is 0.446. The number of aromatic nitrogens is 3. The van der Waals surface area contributed by atoms with Crippen molar-refractivity contribution in [1.29, 1.82) is 0 Å². The highest BCUT2D eigenvalue weighted by molar-refractivity contribution is 7.90. The molecule has 3 aromatic carbocycles. The SMILES string of the molecule is [C-]#[N+]C(C)c1cc(-c2ccc(-c3cccc(S(C)(=O)=O)c3)cc2-c2oc(C)nc2-c2ccc3c(c2)OC(F)(F)O3)n(C)n1. The van der Waals surface area contributed by atoms with E-state index in [-0.39, 0.29) is 16.4 Å². The number of alkyl halides is 2. The number of rotatable bonds is 6. The number of hydrogen-bond acceptors (Lipinski definition) is 7. The Bertz CT molecular complexity index is 2060. The summed E-state index contributed by atoms with van der Waals surface area (Å²) in [6, 6.07) is 17.9. The Labute approximate surface area is 246 Å². The van der Waals surface area contributed by atoms with Crippen molar-refractivity contribution in [2.45, 2.75) is 31.1 Å². The fourth-order valence-electron chi connectivity index (χ4n) is 4.95. The Morgan fingerprint density at radius 2 is 1.67 bits per heavy atom. The van der Waals surface area contributed by atoms with Crippen molar-refractivity contribution in [2.24, 2.45) is 7.05 Å². The summed E-state index contributed by atoms with van der Waals surface area (Å²) < 4.78 is 69.1. The van der Waals surface area contributed by atoms with Crippen LogP contribution in [0.4, 0.5) is 8.78 Å². The zero-order valence-corrected chi connectivity index (χ0v) is 24.2. The van der Waals surface area contributed by atoms with E-state index in [2.05, 4.69) is 24.4 Å². The van der Waals surface area contributed by atoms with Gasteiger partial charge >= 0.3 is 6.29 Å². The second kappa shape index (κ2) is 10.1. The van der Waals surface area contributed by atoms with Gasteiger partial charge < -0.3 is 18.7 Å². The van der Waals surface area contributed by atoms with Crippen LogP contribution in [0, 0.1) is 13.5 Å². The van der Waals surface area contributed by atoms with E-state index >= 15 is 0 Å². The van der Waals surface area contributed by atoms with Crippen LogP contribution in [-0.2, 0) is 16.9 Å². The van der Waals surface area contributed by atoms with E-state index in [1.807, 2.05) is 24.3 Å². The van der Waals surface area contributed by atoms with Crippen LogP contribution in [0.2, 0.25) is 0 Å². The molecule has 0 radical (unpaired) electrons. The van der Waals surface area contributed by atoms with Crippen LogP contribution in [0.25, 0.3) is 49.8 Å². The standard InChI is InChI=1S/C31H24F2N4O5S/c1-17(34-3)25-16-26(37(4)36-25)23-11-9-20(19-7-6-8-22(13-19)43(5,38)39)14-24(23)30-29(35-18(2)40-30)21-10-12-27-28(15-21)42-31(32,33)41-27/h6-17H,1-2,4-5H3. The Hall–Kier alpha value is -5.02. The maximum atomic E-state index is 13.7. The third-order valence-electron chi connectivity index (χ3n) is 7.06. The molecule has 5 aromatic rings. The van der Waals surface area contributed by atoms with Gasteiger partial charge in [-0.3, -0.25) is 4.68 Å². The minimum absolute atomic E-state index is 0.0969. The van der Waals surface area contributed by atoms with Crippen LogP contribution in [0.1, 0.15) is 24.6 Å². The second-order valence-electron chi connectivity index (χ2n) is 10.2.